The van der Waals surface area contributed by atoms with Crippen molar-refractivity contribution < 1.29 is 23.8 Å². The average Bonchev–Trinajstić information content (AvgIpc) is 3.14. The highest BCUT2D eigenvalue weighted by molar-refractivity contribution is 5.95. The molecule has 272 valence electrons. The molecule has 0 fully saturated rings. The molecule has 0 heterocycles. The topological polar surface area (TPSA) is 86.2 Å². The molecule has 7 heteroatoms. The van der Waals surface area contributed by atoms with Gasteiger partial charge in [0.25, 0.3) is 5.91 Å². The summed E-state index contributed by atoms with van der Waals surface area (Å²) in [5, 5.41) is 4.07. The van der Waals surface area contributed by atoms with Crippen LogP contribution < -0.4 is 19.6 Å². The number of benzene rings is 3. The van der Waals surface area contributed by atoms with Crippen LogP contribution in [0.3, 0.4) is 0 Å². The molecule has 3 aromatic carbocycles. The zero-order chi connectivity index (χ0) is 35.5. The molecule has 0 atom stereocenters. The van der Waals surface area contributed by atoms with Crippen molar-refractivity contribution in [2.24, 2.45) is 5.10 Å². The van der Waals surface area contributed by atoms with Gasteiger partial charge in [0.2, 0.25) is 0 Å². The predicted octanol–water partition coefficient (Wildman–Crippen LogP) is 11.5. The molecule has 0 aromatic heterocycles. The maximum Gasteiger partial charge on any atom is 0.343 e. The van der Waals surface area contributed by atoms with E-state index in [0.717, 1.165) is 29.9 Å². The molecule has 0 unspecified atom stereocenters. The van der Waals surface area contributed by atoms with Crippen LogP contribution in [0, 0.1) is 0 Å². The largest absolute Gasteiger partial charge is 0.494 e. The van der Waals surface area contributed by atoms with Gasteiger partial charge in [-0.15, -0.1) is 0 Å². The van der Waals surface area contributed by atoms with Crippen molar-refractivity contribution in [2.45, 2.75) is 129 Å². The Morgan fingerprint density at radius 2 is 0.920 bits per heavy atom. The molecule has 1 N–H and O–H groups in total. The molecule has 0 aliphatic rings. The van der Waals surface area contributed by atoms with Gasteiger partial charge in [0.05, 0.1) is 25.0 Å². The third kappa shape index (κ3) is 17.5. The zero-order valence-corrected chi connectivity index (χ0v) is 30.6. The monoisotopic (exact) mass is 684 g/mol. The summed E-state index contributed by atoms with van der Waals surface area (Å²) in [5.74, 6) is 1.18. The second-order valence-corrected chi connectivity index (χ2v) is 13.1. The number of amides is 1. The van der Waals surface area contributed by atoms with Crippen LogP contribution in [0.2, 0.25) is 0 Å². The Morgan fingerprint density at radius 3 is 1.38 bits per heavy atom. The number of hydrazone groups is 1. The number of hydrogen-bond acceptors (Lipinski definition) is 6. The minimum Gasteiger partial charge on any atom is -0.494 e. The van der Waals surface area contributed by atoms with Crippen LogP contribution in [0.5, 0.6) is 17.2 Å². The first-order valence-electron chi connectivity index (χ1n) is 19.2. The standard InChI is InChI=1S/C43H60N2O5/c1-3-5-7-9-11-13-14-16-18-20-33-48-39-29-23-37(24-30-39)42(46)45-44-35-36-21-27-41(28-22-36)50-43(47)38-25-31-40(32-26-38)49-34-19-17-15-12-10-8-6-4-2/h21-32,35H,3-20,33-34H2,1-2H3,(H,45,46)/b44-35+. The highest BCUT2D eigenvalue weighted by Crippen LogP contribution is 2.18. The minimum atomic E-state index is -0.441. The molecule has 50 heavy (non-hydrogen) atoms. The molecule has 0 radical (unpaired) electrons. The van der Waals surface area contributed by atoms with E-state index in [9.17, 15) is 9.59 Å². The quantitative estimate of drug-likeness (QED) is 0.0284. The Hall–Kier alpha value is -4.13. The number of nitrogens with one attached hydrogen (secondary N) is 1. The van der Waals surface area contributed by atoms with E-state index in [2.05, 4.69) is 24.4 Å². The average molecular weight is 685 g/mol. The van der Waals surface area contributed by atoms with Gasteiger partial charge in [0.1, 0.15) is 17.2 Å². The fraction of sp³-hybridized carbons (Fsp3) is 0.512. The van der Waals surface area contributed by atoms with Crippen LogP contribution in [-0.4, -0.2) is 31.3 Å². The number of rotatable bonds is 27. The molecule has 0 saturated carbocycles. The van der Waals surface area contributed by atoms with Crippen LogP contribution in [0.15, 0.2) is 77.9 Å². The van der Waals surface area contributed by atoms with Crippen LogP contribution in [0.4, 0.5) is 0 Å². The van der Waals surface area contributed by atoms with Crippen LogP contribution in [0.1, 0.15) is 156 Å². The summed E-state index contributed by atoms with van der Waals surface area (Å²) >= 11 is 0. The van der Waals surface area contributed by atoms with Crippen molar-refractivity contribution in [3.63, 3.8) is 0 Å². The third-order valence-corrected chi connectivity index (χ3v) is 8.71. The van der Waals surface area contributed by atoms with Crippen molar-refractivity contribution >= 4 is 18.1 Å². The molecule has 0 saturated heterocycles. The van der Waals surface area contributed by atoms with Crippen LogP contribution in [-0.2, 0) is 0 Å². The van der Waals surface area contributed by atoms with Gasteiger partial charge < -0.3 is 14.2 Å². The van der Waals surface area contributed by atoms with E-state index < -0.39 is 5.97 Å². The fourth-order valence-corrected chi connectivity index (χ4v) is 5.61. The summed E-state index contributed by atoms with van der Waals surface area (Å²) in [4.78, 5) is 25.2. The smallest absolute Gasteiger partial charge is 0.343 e. The van der Waals surface area contributed by atoms with E-state index in [1.807, 2.05) is 12.1 Å². The Balaban J connectivity index is 1.28. The van der Waals surface area contributed by atoms with Gasteiger partial charge in [-0.05, 0) is 91.2 Å². The van der Waals surface area contributed by atoms with Crippen LogP contribution >= 0.6 is 0 Å². The van der Waals surface area contributed by atoms with Gasteiger partial charge in [0, 0.05) is 5.56 Å². The normalized spacial score (nSPS) is 11.1. The van der Waals surface area contributed by atoms with Crippen molar-refractivity contribution in [1.29, 1.82) is 0 Å². The number of ether oxygens (including phenoxy) is 3. The molecule has 7 nitrogen and oxygen atoms in total. The molecular formula is C43H60N2O5. The number of unbranched alkanes of at least 4 members (excludes halogenated alkanes) is 16. The Bertz CT molecular complexity index is 1350. The molecule has 0 aliphatic heterocycles. The summed E-state index contributed by atoms with van der Waals surface area (Å²) < 4.78 is 17.2. The molecule has 0 bridgehead atoms. The maximum absolute atomic E-state index is 12.6. The molecule has 0 spiro atoms. The van der Waals surface area contributed by atoms with Gasteiger partial charge in [-0.1, -0.05) is 117 Å². The minimum absolute atomic E-state index is 0.308. The summed E-state index contributed by atoms with van der Waals surface area (Å²) in [7, 11) is 0. The van der Waals surface area contributed by atoms with Crippen molar-refractivity contribution in [3.8, 4) is 17.2 Å². The van der Waals surface area contributed by atoms with E-state index in [0.29, 0.717) is 30.1 Å². The highest BCUT2D eigenvalue weighted by Gasteiger charge is 2.09. The third-order valence-electron chi connectivity index (χ3n) is 8.71. The first kappa shape index (κ1) is 40.3. The van der Waals surface area contributed by atoms with Gasteiger partial charge in [0.15, 0.2) is 0 Å². The Kier molecular flexibility index (Phi) is 20.8. The van der Waals surface area contributed by atoms with Crippen molar-refractivity contribution in [3.05, 3.63) is 89.5 Å². The maximum atomic E-state index is 12.6. The lowest BCUT2D eigenvalue weighted by Crippen LogP contribution is -2.17. The van der Waals surface area contributed by atoms with Gasteiger partial charge in [-0.3, -0.25) is 4.79 Å². The first-order chi connectivity index (χ1) is 24.6. The lowest BCUT2D eigenvalue weighted by molar-refractivity contribution is 0.0734. The second kappa shape index (κ2) is 25.8. The van der Waals surface area contributed by atoms with E-state index in [1.54, 1.807) is 66.9 Å². The summed E-state index contributed by atoms with van der Waals surface area (Å²) in [6, 6.07) is 21.1. The van der Waals surface area contributed by atoms with Crippen molar-refractivity contribution in [2.75, 3.05) is 13.2 Å². The van der Waals surface area contributed by atoms with Gasteiger partial charge >= 0.3 is 5.97 Å². The fourth-order valence-electron chi connectivity index (χ4n) is 5.61. The molecule has 1 amide bonds. The lowest BCUT2D eigenvalue weighted by Gasteiger charge is -2.08. The lowest BCUT2D eigenvalue weighted by atomic mass is 10.1. The number of nitrogens with zero attached hydrogens (tertiary/aromatic N) is 1. The first-order valence-corrected chi connectivity index (χ1v) is 19.2. The van der Waals surface area contributed by atoms with Crippen molar-refractivity contribution in [1.82, 2.24) is 5.43 Å². The molecule has 3 rings (SSSR count). The van der Waals surface area contributed by atoms with Gasteiger partial charge in [-0.25, -0.2) is 10.2 Å². The predicted molar refractivity (Wildman–Crippen MR) is 205 cm³/mol. The summed E-state index contributed by atoms with van der Waals surface area (Å²) in [6.45, 7) is 5.86. The number of carbonyl (C=O) groups excluding carboxylic acids is 2. The molecular weight excluding hydrogens is 624 g/mol. The van der Waals surface area contributed by atoms with E-state index in [1.165, 1.54) is 103 Å². The zero-order valence-electron chi connectivity index (χ0n) is 30.6. The summed E-state index contributed by atoms with van der Waals surface area (Å²) in [5.41, 5.74) is 4.25. The van der Waals surface area contributed by atoms with Gasteiger partial charge in [-0.2, -0.15) is 5.10 Å². The second-order valence-electron chi connectivity index (χ2n) is 13.1. The number of esters is 1. The Morgan fingerprint density at radius 1 is 0.520 bits per heavy atom. The number of hydrogen-bond donors (Lipinski definition) is 1. The number of carbonyl (C=O) groups is 2. The van der Waals surface area contributed by atoms with E-state index in [4.69, 9.17) is 14.2 Å². The molecule has 0 aliphatic carbocycles. The summed E-state index contributed by atoms with van der Waals surface area (Å²) in [6.07, 6.45) is 24.5. The Labute approximate surface area is 301 Å². The SMILES string of the molecule is CCCCCCCCCCCCOc1ccc(C(=O)N/N=C/c2ccc(OC(=O)c3ccc(OCCCCCCCCCC)cc3)cc2)cc1. The molecule has 3 aromatic rings. The van der Waals surface area contributed by atoms with Crippen LogP contribution in [0.25, 0.3) is 0 Å². The van der Waals surface area contributed by atoms with E-state index in [-0.39, 0.29) is 5.91 Å². The van der Waals surface area contributed by atoms with E-state index >= 15 is 0 Å². The highest BCUT2D eigenvalue weighted by atomic mass is 16.5.